The second-order valence-electron chi connectivity index (χ2n) is 10.6. The molecule has 0 saturated heterocycles. The summed E-state index contributed by atoms with van der Waals surface area (Å²) < 4.78 is 6.08. The fourth-order valence-corrected chi connectivity index (χ4v) is 5.57. The first kappa shape index (κ1) is 25.9. The van der Waals surface area contributed by atoms with Gasteiger partial charge in [-0.2, -0.15) is 0 Å². The molecule has 1 aliphatic carbocycles. The molecule has 0 fully saturated rings. The number of aryl methyl sites for hydroxylation is 2. The molecule has 0 amide bonds. The maximum atomic E-state index is 6.08. The van der Waals surface area contributed by atoms with Crippen molar-refractivity contribution in [1.82, 2.24) is 14.9 Å². The van der Waals surface area contributed by atoms with Crippen molar-refractivity contribution in [2.45, 2.75) is 45.7 Å². The molecule has 0 N–H and O–H groups in total. The first-order chi connectivity index (χ1) is 19.6. The smallest absolute Gasteiger partial charge is 0.226 e. The van der Waals surface area contributed by atoms with Gasteiger partial charge < -0.3 is 4.42 Å². The Kier molecular flexibility index (Phi) is 7.64. The summed E-state index contributed by atoms with van der Waals surface area (Å²) in [6, 6.07) is 31.5. The number of aromatic nitrogens is 2. The van der Waals surface area contributed by atoms with Crippen molar-refractivity contribution in [2.75, 3.05) is 6.54 Å². The lowest BCUT2D eigenvalue weighted by Crippen LogP contribution is -2.35. The van der Waals surface area contributed by atoms with Gasteiger partial charge in [0.1, 0.15) is 0 Å². The fourth-order valence-electron chi connectivity index (χ4n) is 5.57. The van der Waals surface area contributed by atoms with Crippen LogP contribution < -0.4 is 0 Å². The van der Waals surface area contributed by atoms with Crippen LogP contribution in [0.3, 0.4) is 0 Å². The van der Waals surface area contributed by atoms with Gasteiger partial charge in [0.15, 0.2) is 5.76 Å². The van der Waals surface area contributed by atoms with E-state index < -0.39 is 0 Å². The summed E-state index contributed by atoms with van der Waals surface area (Å²) in [6.45, 7) is 5.83. The zero-order valence-corrected chi connectivity index (χ0v) is 23.1. The highest BCUT2D eigenvalue weighted by Gasteiger charge is 2.27. The van der Waals surface area contributed by atoms with Gasteiger partial charge in [-0.3, -0.25) is 14.9 Å². The molecular formula is C35H34N4O. The molecule has 0 aliphatic heterocycles. The van der Waals surface area contributed by atoms with Crippen molar-refractivity contribution in [2.24, 2.45) is 4.99 Å². The van der Waals surface area contributed by atoms with Crippen molar-refractivity contribution in [3.05, 3.63) is 126 Å². The molecule has 5 heteroatoms. The van der Waals surface area contributed by atoms with Crippen LogP contribution in [0.1, 0.15) is 48.2 Å². The second-order valence-corrected chi connectivity index (χ2v) is 10.6. The van der Waals surface area contributed by atoms with Crippen molar-refractivity contribution in [3.8, 4) is 22.8 Å². The van der Waals surface area contributed by atoms with Gasteiger partial charge in [-0.1, -0.05) is 66.7 Å². The zero-order chi connectivity index (χ0) is 27.3. The first-order valence-electron chi connectivity index (χ1n) is 14.0. The number of hydrogen-bond donors (Lipinski definition) is 0. The molecule has 5 aromatic rings. The van der Waals surface area contributed by atoms with E-state index in [4.69, 9.17) is 14.4 Å². The lowest BCUT2D eigenvalue weighted by molar-refractivity contribution is 0.191. The Morgan fingerprint density at radius 2 is 1.70 bits per heavy atom. The van der Waals surface area contributed by atoms with Crippen LogP contribution in [-0.2, 0) is 13.0 Å². The summed E-state index contributed by atoms with van der Waals surface area (Å²) >= 11 is 0. The minimum absolute atomic E-state index is 0.256. The van der Waals surface area contributed by atoms with Crippen molar-refractivity contribution >= 4 is 11.4 Å². The molecule has 40 heavy (non-hydrogen) atoms. The summed E-state index contributed by atoms with van der Waals surface area (Å²) in [5.41, 5.74) is 9.14. The highest BCUT2D eigenvalue weighted by molar-refractivity contribution is 5.86. The third-order valence-corrected chi connectivity index (χ3v) is 7.62. The van der Waals surface area contributed by atoms with Crippen molar-refractivity contribution in [3.63, 3.8) is 0 Å². The monoisotopic (exact) mass is 526 g/mol. The molecule has 1 aliphatic rings. The van der Waals surface area contributed by atoms with Crippen LogP contribution in [-0.4, -0.2) is 27.1 Å². The van der Waals surface area contributed by atoms with E-state index >= 15 is 0 Å². The van der Waals surface area contributed by atoms with E-state index in [0.717, 1.165) is 54.2 Å². The highest BCUT2D eigenvalue weighted by atomic mass is 16.4. The predicted molar refractivity (Wildman–Crippen MR) is 162 cm³/mol. The van der Waals surface area contributed by atoms with E-state index in [1.54, 1.807) is 6.20 Å². The second kappa shape index (κ2) is 11.8. The molecular weight excluding hydrogens is 492 g/mol. The van der Waals surface area contributed by atoms with E-state index in [1.165, 1.54) is 28.8 Å². The highest BCUT2D eigenvalue weighted by Crippen LogP contribution is 2.34. The van der Waals surface area contributed by atoms with Crippen LogP contribution in [0.2, 0.25) is 0 Å². The summed E-state index contributed by atoms with van der Waals surface area (Å²) in [5.74, 6) is 1.41. The summed E-state index contributed by atoms with van der Waals surface area (Å²) in [7, 11) is 0. The molecule has 6 rings (SSSR count). The molecule has 200 valence electrons. The van der Waals surface area contributed by atoms with Gasteiger partial charge in [0.2, 0.25) is 5.89 Å². The zero-order valence-electron chi connectivity index (χ0n) is 23.1. The average Bonchev–Trinajstić information content (AvgIpc) is 3.49. The molecule has 3 aromatic carbocycles. The van der Waals surface area contributed by atoms with Crippen molar-refractivity contribution < 1.29 is 4.42 Å². The standard InChI is InChI=1S/C35H34N4O/c1-25-10-6-7-15-31(25)38-26(2)23-39(32-16-8-13-29-14-9-21-36-34(29)32)24-27-17-19-30(20-18-27)35-37-22-33(40-35)28-11-4-3-5-12-28/h3-7,9-12,14-15,17-22,32H,8,13,16,23-24H2,1-2H3. The number of oxazole rings is 1. The summed E-state index contributed by atoms with van der Waals surface area (Å²) in [6.07, 6.45) is 7.08. The van der Waals surface area contributed by atoms with E-state index in [0.29, 0.717) is 5.89 Å². The van der Waals surface area contributed by atoms with Crippen LogP contribution in [0.15, 0.2) is 113 Å². The number of para-hydroxylation sites is 1. The fraction of sp³-hybridized carbons (Fsp3) is 0.229. The molecule has 2 heterocycles. The van der Waals surface area contributed by atoms with Gasteiger partial charge in [0, 0.05) is 36.1 Å². The lowest BCUT2D eigenvalue weighted by Gasteiger charge is -2.35. The largest absolute Gasteiger partial charge is 0.436 e. The Morgan fingerprint density at radius 1 is 0.900 bits per heavy atom. The lowest BCUT2D eigenvalue weighted by atomic mass is 9.90. The van der Waals surface area contributed by atoms with Gasteiger partial charge in [-0.05, 0) is 74.1 Å². The molecule has 1 atom stereocenters. The number of aliphatic imine (C=N–C) groups is 1. The minimum atomic E-state index is 0.256. The van der Waals surface area contributed by atoms with Gasteiger partial charge in [0.05, 0.1) is 23.6 Å². The molecule has 0 radical (unpaired) electrons. The van der Waals surface area contributed by atoms with E-state index in [2.05, 4.69) is 84.4 Å². The Balaban J connectivity index is 1.25. The average molecular weight is 527 g/mol. The molecule has 0 bridgehead atoms. The third-order valence-electron chi connectivity index (χ3n) is 7.62. The van der Waals surface area contributed by atoms with Gasteiger partial charge >= 0.3 is 0 Å². The quantitative estimate of drug-likeness (QED) is 0.191. The normalized spacial score (nSPS) is 15.3. The number of hydrogen-bond acceptors (Lipinski definition) is 5. The molecule has 2 aromatic heterocycles. The van der Waals surface area contributed by atoms with Gasteiger partial charge in [-0.25, -0.2) is 4.98 Å². The Labute approximate surface area is 236 Å². The van der Waals surface area contributed by atoms with Crippen LogP contribution in [0, 0.1) is 6.92 Å². The topological polar surface area (TPSA) is 54.5 Å². The van der Waals surface area contributed by atoms with Crippen LogP contribution in [0.5, 0.6) is 0 Å². The first-order valence-corrected chi connectivity index (χ1v) is 14.0. The van der Waals surface area contributed by atoms with Crippen LogP contribution >= 0.6 is 0 Å². The maximum absolute atomic E-state index is 6.08. The molecule has 5 nitrogen and oxygen atoms in total. The van der Waals surface area contributed by atoms with Gasteiger partial charge in [-0.15, -0.1) is 0 Å². The third kappa shape index (κ3) is 5.80. The minimum Gasteiger partial charge on any atom is -0.436 e. The molecule has 1 unspecified atom stereocenters. The number of pyridine rings is 1. The Bertz CT molecular complexity index is 1600. The summed E-state index contributed by atoms with van der Waals surface area (Å²) in [5, 5.41) is 0. The van der Waals surface area contributed by atoms with E-state index in [1.807, 2.05) is 36.5 Å². The Morgan fingerprint density at radius 3 is 2.52 bits per heavy atom. The number of fused-ring (bicyclic) bond motifs is 1. The Hall–Kier alpha value is -4.35. The van der Waals surface area contributed by atoms with E-state index in [-0.39, 0.29) is 6.04 Å². The SMILES string of the molecule is CC(CN(Cc1ccc(-c2ncc(-c3ccccc3)o2)cc1)C1CCCc2cccnc21)=Nc1ccccc1C. The number of nitrogens with zero attached hydrogens (tertiary/aromatic N) is 4. The number of rotatable bonds is 8. The predicted octanol–water partition coefficient (Wildman–Crippen LogP) is 8.38. The molecule has 0 spiro atoms. The van der Waals surface area contributed by atoms with E-state index in [9.17, 15) is 0 Å². The van der Waals surface area contributed by atoms with Crippen LogP contribution in [0.4, 0.5) is 5.69 Å². The summed E-state index contributed by atoms with van der Waals surface area (Å²) in [4.78, 5) is 16.9. The van der Waals surface area contributed by atoms with Crippen LogP contribution in [0.25, 0.3) is 22.8 Å². The van der Waals surface area contributed by atoms with Crippen molar-refractivity contribution in [1.29, 1.82) is 0 Å². The maximum Gasteiger partial charge on any atom is 0.226 e. The molecule has 0 saturated carbocycles. The number of benzene rings is 3. The van der Waals surface area contributed by atoms with Gasteiger partial charge in [0.25, 0.3) is 0 Å².